The van der Waals surface area contributed by atoms with Crippen LogP contribution in [0, 0.1) is 5.92 Å². The Morgan fingerprint density at radius 1 is 0.978 bits per heavy atom. The fourth-order valence-corrected chi connectivity index (χ4v) is 9.25. The number of amides is 2. The average molecular weight is 664 g/mol. The molecule has 2 aromatic carbocycles. The molecule has 1 aliphatic carbocycles. The van der Waals surface area contributed by atoms with Crippen LogP contribution < -0.4 is 15.5 Å². The smallest absolute Gasteiger partial charge is 0.325 e. The molecule has 6 rings (SSSR count). The van der Waals surface area contributed by atoms with E-state index in [0.29, 0.717) is 30.2 Å². The molecule has 2 aromatic heterocycles. The van der Waals surface area contributed by atoms with E-state index in [2.05, 4.69) is 25.5 Å². The SMILES string of the molecule is O=C(Nc1nc(CSc2ccccc2)c(S(=O)(=O)c2ccccn2)s1)Nc1ccc(N2CCOCC2)cc1C(=O)C1CCCC1. The van der Waals surface area contributed by atoms with Gasteiger partial charge in [-0.05, 0) is 55.3 Å². The van der Waals surface area contributed by atoms with Crippen molar-refractivity contribution in [1.82, 2.24) is 9.97 Å². The Labute approximate surface area is 270 Å². The van der Waals surface area contributed by atoms with Gasteiger partial charge in [0.25, 0.3) is 0 Å². The Hall–Kier alpha value is -3.78. The Kier molecular flexibility index (Phi) is 9.79. The van der Waals surface area contributed by atoms with Crippen LogP contribution >= 0.6 is 23.1 Å². The third kappa shape index (κ3) is 7.38. The minimum Gasteiger partial charge on any atom is -0.378 e. The number of aromatic nitrogens is 2. The first-order valence-corrected chi connectivity index (χ1v) is 18.1. The highest BCUT2D eigenvalue weighted by Crippen LogP contribution is 2.36. The fraction of sp³-hybridized carbons (Fsp3) is 0.312. The average Bonchev–Trinajstić information content (AvgIpc) is 3.76. The fourth-order valence-electron chi connectivity index (χ4n) is 5.48. The van der Waals surface area contributed by atoms with Crippen LogP contribution in [0.1, 0.15) is 41.7 Å². The summed E-state index contributed by atoms with van der Waals surface area (Å²) in [4.78, 5) is 38.7. The number of anilines is 3. The number of carbonyl (C=O) groups is 2. The van der Waals surface area contributed by atoms with Gasteiger partial charge in [0.2, 0.25) is 9.84 Å². The number of thiazole rings is 1. The van der Waals surface area contributed by atoms with Gasteiger partial charge in [0.15, 0.2) is 20.1 Å². The van der Waals surface area contributed by atoms with Gasteiger partial charge in [0.1, 0.15) is 0 Å². The second-order valence-corrected chi connectivity index (χ2v) is 14.9. The zero-order valence-electron chi connectivity index (χ0n) is 24.5. The Morgan fingerprint density at radius 3 is 2.47 bits per heavy atom. The number of morpholine rings is 1. The number of hydrogen-bond donors (Lipinski definition) is 2. The number of urea groups is 1. The van der Waals surface area contributed by atoms with Gasteiger partial charge in [0, 0.05) is 47.1 Å². The van der Waals surface area contributed by atoms with E-state index in [1.54, 1.807) is 18.2 Å². The van der Waals surface area contributed by atoms with Crippen LogP contribution in [0.5, 0.6) is 0 Å². The van der Waals surface area contributed by atoms with E-state index in [4.69, 9.17) is 4.74 Å². The molecule has 2 fully saturated rings. The topological polar surface area (TPSA) is 131 Å². The monoisotopic (exact) mass is 663 g/mol. The van der Waals surface area contributed by atoms with E-state index in [9.17, 15) is 18.0 Å². The van der Waals surface area contributed by atoms with Crippen LogP contribution in [-0.4, -0.2) is 56.5 Å². The molecule has 1 aliphatic heterocycles. The van der Waals surface area contributed by atoms with Crippen molar-refractivity contribution in [2.24, 2.45) is 5.92 Å². The minimum atomic E-state index is -3.99. The number of thioether (sulfide) groups is 1. The van der Waals surface area contributed by atoms with Crippen LogP contribution in [0.3, 0.4) is 0 Å². The summed E-state index contributed by atoms with van der Waals surface area (Å²) in [5, 5.41) is 5.58. The molecule has 0 atom stereocenters. The molecule has 45 heavy (non-hydrogen) atoms. The second-order valence-electron chi connectivity index (χ2n) is 10.8. The summed E-state index contributed by atoms with van der Waals surface area (Å²) in [6.07, 6.45) is 5.13. The quantitative estimate of drug-likeness (QED) is 0.144. The van der Waals surface area contributed by atoms with Crippen molar-refractivity contribution in [1.29, 1.82) is 0 Å². The number of nitrogens with one attached hydrogen (secondary N) is 2. The van der Waals surface area contributed by atoms with Gasteiger partial charge < -0.3 is 15.0 Å². The molecule has 0 radical (unpaired) electrons. The molecule has 10 nitrogen and oxygen atoms in total. The molecular weight excluding hydrogens is 631 g/mol. The minimum absolute atomic E-state index is 0.0203. The number of nitrogens with zero attached hydrogens (tertiary/aromatic N) is 3. The van der Waals surface area contributed by atoms with Gasteiger partial charge in [-0.25, -0.2) is 23.2 Å². The molecule has 2 aliphatic rings. The van der Waals surface area contributed by atoms with Crippen molar-refractivity contribution in [3.63, 3.8) is 0 Å². The maximum absolute atomic E-state index is 13.6. The number of Topliss-reactive ketones (excluding diaryl/α,β-unsaturated/α-hetero) is 1. The summed E-state index contributed by atoms with van der Waals surface area (Å²) < 4.78 is 32.7. The van der Waals surface area contributed by atoms with Gasteiger partial charge in [-0.2, -0.15) is 0 Å². The molecule has 13 heteroatoms. The van der Waals surface area contributed by atoms with Crippen LogP contribution in [-0.2, 0) is 20.3 Å². The maximum Gasteiger partial charge on any atom is 0.325 e. The molecule has 1 saturated carbocycles. The number of hydrogen-bond acceptors (Lipinski definition) is 10. The van der Waals surface area contributed by atoms with Gasteiger partial charge >= 0.3 is 6.03 Å². The van der Waals surface area contributed by atoms with Crippen molar-refractivity contribution in [2.75, 3.05) is 41.8 Å². The number of ketones is 1. The van der Waals surface area contributed by atoms with E-state index in [1.807, 2.05) is 42.5 Å². The van der Waals surface area contributed by atoms with Gasteiger partial charge in [0.05, 0.1) is 24.6 Å². The predicted molar refractivity (Wildman–Crippen MR) is 176 cm³/mol. The lowest BCUT2D eigenvalue weighted by Gasteiger charge is -2.29. The molecule has 234 valence electrons. The summed E-state index contributed by atoms with van der Waals surface area (Å²) in [5.74, 6) is 0.224. The highest BCUT2D eigenvalue weighted by Gasteiger charge is 2.29. The number of carbonyl (C=O) groups excluding carboxylic acids is 2. The molecule has 3 heterocycles. The van der Waals surface area contributed by atoms with Crippen LogP contribution in [0.25, 0.3) is 0 Å². The standard InChI is InChI=1S/C32H33N5O5S3/c38-29(22-8-4-5-9-22)25-20-23(37-16-18-42-19-17-37)13-14-26(25)34-31(39)36-32-35-27(21-43-24-10-2-1-3-11-24)30(44-32)45(40,41)28-12-6-7-15-33-28/h1-3,6-7,10-15,20,22H,4-5,8-9,16-19,21H2,(H2,34,35,36,39). The highest BCUT2D eigenvalue weighted by atomic mass is 32.2. The number of ether oxygens (including phenoxy) is 1. The molecule has 0 bridgehead atoms. The zero-order chi connectivity index (χ0) is 31.2. The number of rotatable bonds is 10. The Morgan fingerprint density at radius 2 is 1.73 bits per heavy atom. The van der Waals surface area contributed by atoms with E-state index in [-0.39, 0.29) is 31.8 Å². The van der Waals surface area contributed by atoms with E-state index >= 15 is 0 Å². The van der Waals surface area contributed by atoms with Crippen LogP contribution in [0.4, 0.5) is 21.3 Å². The van der Waals surface area contributed by atoms with Gasteiger partial charge in [-0.3, -0.25) is 10.1 Å². The largest absolute Gasteiger partial charge is 0.378 e. The first kappa shape index (κ1) is 31.2. The van der Waals surface area contributed by atoms with Crippen LogP contribution in [0.2, 0.25) is 0 Å². The molecule has 2 amide bonds. The summed E-state index contributed by atoms with van der Waals surface area (Å²) in [6.45, 7) is 2.68. The van der Waals surface area contributed by atoms with E-state index in [0.717, 1.165) is 60.7 Å². The first-order chi connectivity index (χ1) is 21.9. The zero-order valence-corrected chi connectivity index (χ0v) is 26.9. The molecule has 2 N–H and O–H groups in total. The van der Waals surface area contributed by atoms with Crippen molar-refractivity contribution in [3.8, 4) is 0 Å². The number of pyridine rings is 1. The summed E-state index contributed by atoms with van der Waals surface area (Å²) in [6, 6.07) is 19.2. The Balaban J connectivity index is 1.25. The molecular formula is C32H33N5O5S3. The van der Waals surface area contributed by atoms with E-state index < -0.39 is 15.9 Å². The molecule has 0 unspecified atom stereocenters. The number of sulfone groups is 1. The predicted octanol–water partition coefficient (Wildman–Crippen LogP) is 6.52. The highest BCUT2D eigenvalue weighted by molar-refractivity contribution is 7.98. The van der Waals surface area contributed by atoms with Crippen molar-refractivity contribution < 1.29 is 22.7 Å². The third-order valence-electron chi connectivity index (χ3n) is 7.78. The summed E-state index contributed by atoms with van der Waals surface area (Å²) in [7, 11) is -3.99. The maximum atomic E-state index is 13.6. The second kappa shape index (κ2) is 14.1. The van der Waals surface area contributed by atoms with Crippen LogP contribution in [0.15, 0.2) is 87.1 Å². The van der Waals surface area contributed by atoms with Crippen molar-refractivity contribution >= 4 is 61.3 Å². The van der Waals surface area contributed by atoms with Gasteiger partial charge in [-0.1, -0.05) is 48.4 Å². The molecule has 0 spiro atoms. The lowest BCUT2D eigenvalue weighted by Crippen LogP contribution is -2.36. The normalized spacial score (nSPS) is 15.6. The first-order valence-electron chi connectivity index (χ1n) is 14.8. The lowest BCUT2D eigenvalue weighted by molar-refractivity contribution is 0.0923. The third-order valence-corrected chi connectivity index (χ3v) is 12.0. The summed E-state index contributed by atoms with van der Waals surface area (Å²) in [5.41, 5.74) is 2.11. The molecule has 1 saturated heterocycles. The summed E-state index contributed by atoms with van der Waals surface area (Å²) >= 11 is 2.32. The van der Waals surface area contributed by atoms with Gasteiger partial charge in [-0.15, -0.1) is 11.8 Å². The Bertz CT molecular complexity index is 1750. The lowest BCUT2D eigenvalue weighted by atomic mass is 9.94. The van der Waals surface area contributed by atoms with E-state index in [1.165, 1.54) is 24.0 Å². The number of benzene rings is 2. The van der Waals surface area contributed by atoms with Crippen molar-refractivity contribution in [3.05, 3.63) is 84.2 Å². The van der Waals surface area contributed by atoms with Crippen molar-refractivity contribution in [2.45, 2.75) is 45.6 Å². The molecule has 4 aromatic rings.